The van der Waals surface area contributed by atoms with E-state index in [1.165, 1.54) is 51.4 Å². The normalized spacial score (nSPS) is 15.1. The second kappa shape index (κ2) is 13.1. The van der Waals surface area contributed by atoms with E-state index >= 15 is 0 Å². The molecule has 3 nitrogen and oxygen atoms in total. The zero-order valence-corrected chi connectivity index (χ0v) is 11.9. The number of hydrogen-bond acceptors (Lipinski definition) is 3. The fourth-order valence-corrected chi connectivity index (χ4v) is 1.88. The Kier molecular flexibility index (Phi) is 12.8. The molecule has 0 bridgehead atoms. The van der Waals surface area contributed by atoms with Crippen LogP contribution in [0.25, 0.3) is 0 Å². The topological polar surface area (TPSA) is 66.5 Å². The van der Waals surface area contributed by atoms with Crippen LogP contribution in [0.5, 0.6) is 0 Å². The van der Waals surface area contributed by atoms with Crippen LogP contribution in [-0.4, -0.2) is 29.0 Å². The first-order chi connectivity index (χ1) is 8.72. The van der Waals surface area contributed by atoms with E-state index in [1.54, 1.807) is 6.08 Å². The Morgan fingerprint density at radius 1 is 1.00 bits per heavy atom. The first-order valence-corrected chi connectivity index (χ1v) is 7.43. The zero-order chi connectivity index (χ0) is 13.6. The fourth-order valence-electron chi connectivity index (χ4n) is 1.88. The summed E-state index contributed by atoms with van der Waals surface area (Å²) < 4.78 is 0. The van der Waals surface area contributed by atoms with Crippen molar-refractivity contribution in [2.75, 3.05) is 6.61 Å². The minimum absolute atomic E-state index is 0.177. The molecule has 0 aromatic carbocycles. The van der Waals surface area contributed by atoms with Crippen molar-refractivity contribution < 1.29 is 10.2 Å². The molecule has 0 spiro atoms. The third-order valence-corrected chi connectivity index (χ3v) is 3.21. The van der Waals surface area contributed by atoms with E-state index in [0.29, 0.717) is 0 Å². The minimum atomic E-state index is -0.718. The molecule has 108 valence electrons. The molecule has 0 fully saturated rings. The van der Waals surface area contributed by atoms with Gasteiger partial charge < -0.3 is 15.9 Å². The zero-order valence-electron chi connectivity index (χ0n) is 11.9. The van der Waals surface area contributed by atoms with Crippen molar-refractivity contribution in [2.24, 2.45) is 5.73 Å². The summed E-state index contributed by atoms with van der Waals surface area (Å²) in [5.74, 6) is 0. The van der Waals surface area contributed by atoms with E-state index in [1.807, 2.05) is 6.08 Å². The molecule has 0 aromatic rings. The third kappa shape index (κ3) is 10.8. The highest BCUT2D eigenvalue weighted by atomic mass is 16.3. The Morgan fingerprint density at radius 2 is 1.56 bits per heavy atom. The maximum absolute atomic E-state index is 9.47. The van der Waals surface area contributed by atoms with E-state index in [-0.39, 0.29) is 6.61 Å². The third-order valence-electron chi connectivity index (χ3n) is 3.21. The lowest BCUT2D eigenvalue weighted by molar-refractivity contribution is 0.144. The molecule has 0 heterocycles. The summed E-state index contributed by atoms with van der Waals surface area (Å²) in [6, 6.07) is -0.556. The molecule has 0 radical (unpaired) electrons. The number of unbranched alkanes of at least 4 members (excludes halogenated alkanes) is 8. The van der Waals surface area contributed by atoms with Crippen LogP contribution in [0.4, 0.5) is 0 Å². The molecule has 2 unspecified atom stereocenters. The van der Waals surface area contributed by atoms with Gasteiger partial charge in [-0.05, 0) is 12.8 Å². The highest BCUT2D eigenvalue weighted by molar-refractivity contribution is 4.93. The molecule has 18 heavy (non-hydrogen) atoms. The first kappa shape index (κ1) is 17.6. The quantitative estimate of drug-likeness (QED) is 0.372. The molecular weight excluding hydrogens is 226 g/mol. The molecule has 0 saturated carbocycles. The van der Waals surface area contributed by atoms with Gasteiger partial charge in [0.25, 0.3) is 0 Å². The molecule has 3 heteroatoms. The molecule has 0 rings (SSSR count). The second-order valence-corrected chi connectivity index (χ2v) is 5.03. The van der Waals surface area contributed by atoms with Gasteiger partial charge >= 0.3 is 0 Å². The average Bonchev–Trinajstić information content (AvgIpc) is 2.39. The Bertz CT molecular complexity index is 195. The number of hydrogen-bond donors (Lipinski definition) is 3. The molecule has 4 N–H and O–H groups in total. The highest BCUT2D eigenvalue weighted by Gasteiger charge is 2.08. The van der Waals surface area contributed by atoms with Gasteiger partial charge in [-0.3, -0.25) is 0 Å². The van der Waals surface area contributed by atoms with Crippen molar-refractivity contribution in [1.29, 1.82) is 0 Å². The molecule has 0 aliphatic rings. The van der Waals surface area contributed by atoms with E-state index in [2.05, 4.69) is 6.92 Å². The predicted octanol–water partition coefficient (Wildman–Crippen LogP) is 2.75. The van der Waals surface area contributed by atoms with Gasteiger partial charge in [-0.1, -0.05) is 64.0 Å². The molecule has 2 atom stereocenters. The Labute approximate surface area is 112 Å². The molecule has 0 saturated heterocycles. The van der Waals surface area contributed by atoms with Gasteiger partial charge in [0.15, 0.2) is 0 Å². The highest BCUT2D eigenvalue weighted by Crippen LogP contribution is 2.09. The van der Waals surface area contributed by atoms with E-state index in [0.717, 1.165) is 6.42 Å². The summed E-state index contributed by atoms with van der Waals surface area (Å²) >= 11 is 0. The van der Waals surface area contributed by atoms with Gasteiger partial charge in [-0.2, -0.15) is 0 Å². The van der Waals surface area contributed by atoms with Crippen molar-refractivity contribution >= 4 is 0 Å². The predicted molar refractivity (Wildman–Crippen MR) is 77.4 cm³/mol. The van der Waals surface area contributed by atoms with Crippen LogP contribution < -0.4 is 5.73 Å². The standard InChI is InChI=1S/C15H31NO2/c1-2-3-4-5-6-7-8-9-10-11-12-15(18)14(16)13-17/h11-12,14-15,17-18H,2-10,13,16H2,1H3. The van der Waals surface area contributed by atoms with E-state index < -0.39 is 12.1 Å². The van der Waals surface area contributed by atoms with Crippen LogP contribution in [-0.2, 0) is 0 Å². The maximum Gasteiger partial charge on any atom is 0.0894 e. The SMILES string of the molecule is CCCCCCCCCCC=CC(O)C(N)CO. The Balaban J connectivity index is 3.27. The van der Waals surface area contributed by atoms with Gasteiger partial charge in [-0.25, -0.2) is 0 Å². The summed E-state index contributed by atoms with van der Waals surface area (Å²) in [7, 11) is 0. The molecule has 0 amide bonds. The molecule has 0 aromatic heterocycles. The Hall–Kier alpha value is -0.380. The average molecular weight is 257 g/mol. The van der Waals surface area contributed by atoms with Crippen LogP contribution >= 0.6 is 0 Å². The molecule has 0 aliphatic carbocycles. The lowest BCUT2D eigenvalue weighted by atomic mass is 10.1. The summed E-state index contributed by atoms with van der Waals surface area (Å²) in [4.78, 5) is 0. The van der Waals surface area contributed by atoms with Gasteiger partial charge in [0.1, 0.15) is 0 Å². The summed E-state index contributed by atoms with van der Waals surface area (Å²) in [6.07, 6.45) is 14.5. The smallest absolute Gasteiger partial charge is 0.0894 e. The van der Waals surface area contributed by atoms with Crippen molar-refractivity contribution in [3.05, 3.63) is 12.2 Å². The number of nitrogens with two attached hydrogens (primary N) is 1. The summed E-state index contributed by atoms with van der Waals surface area (Å²) in [6.45, 7) is 2.06. The maximum atomic E-state index is 9.47. The van der Waals surface area contributed by atoms with Crippen LogP contribution in [0.15, 0.2) is 12.2 Å². The molecular formula is C15H31NO2. The Morgan fingerprint density at radius 3 is 2.11 bits per heavy atom. The van der Waals surface area contributed by atoms with E-state index in [9.17, 15) is 5.11 Å². The van der Waals surface area contributed by atoms with Crippen molar-refractivity contribution in [2.45, 2.75) is 76.9 Å². The van der Waals surface area contributed by atoms with Crippen molar-refractivity contribution in [3.8, 4) is 0 Å². The summed E-state index contributed by atoms with van der Waals surface area (Å²) in [5, 5.41) is 18.2. The number of aliphatic hydroxyl groups excluding tert-OH is 2. The lowest BCUT2D eigenvalue weighted by Gasteiger charge is -2.11. The lowest BCUT2D eigenvalue weighted by Crippen LogP contribution is -2.36. The number of rotatable bonds is 12. The van der Waals surface area contributed by atoms with Crippen LogP contribution in [0.2, 0.25) is 0 Å². The monoisotopic (exact) mass is 257 g/mol. The largest absolute Gasteiger partial charge is 0.395 e. The van der Waals surface area contributed by atoms with Crippen molar-refractivity contribution in [1.82, 2.24) is 0 Å². The fraction of sp³-hybridized carbons (Fsp3) is 0.867. The first-order valence-electron chi connectivity index (χ1n) is 7.43. The van der Waals surface area contributed by atoms with Gasteiger partial charge in [0.2, 0.25) is 0 Å². The molecule has 0 aliphatic heterocycles. The van der Waals surface area contributed by atoms with Gasteiger partial charge in [0, 0.05) is 0 Å². The number of allylic oxidation sites excluding steroid dienone is 1. The number of aliphatic hydroxyl groups is 2. The van der Waals surface area contributed by atoms with Gasteiger partial charge in [-0.15, -0.1) is 0 Å². The van der Waals surface area contributed by atoms with Crippen LogP contribution in [0.3, 0.4) is 0 Å². The van der Waals surface area contributed by atoms with Crippen molar-refractivity contribution in [3.63, 3.8) is 0 Å². The minimum Gasteiger partial charge on any atom is -0.395 e. The second-order valence-electron chi connectivity index (χ2n) is 5.03. The van der Waals surface area contributed by atoms with Crippen LogP contribution in [0, 0.1) is 0 Å². The summed E-state index contributed by atoms with van der Waals surface area (Å²) in [5.41, 5.74) is 5.49. The van der Waals surface area contributed by atoms with Gasteiger partial charge in [0.05, 0.1) is 18.8 Å². The van der Waals surface area contributed by atoms with E-state index in [4.69, 9.17) is 10.8 Å². The van der Waals surface area contributed by atoms with Crippen LogP contribution in [0.1, 0.15) is 64.7 Å².